The molecule has 1 aromatic rings. The first-order valence-corrected chi connectivity index (χ1v) is 7.14. The minimum Gasteiger partial charge on any atom is -0.329 e. The molecule has 18 heavy (non-hydrogen) atoms. The van der Waals surface area contributed by atoms with Crippen molar-refractivity contribution in [1.29, 1.82) is 0 Å². The van der Waals surface area contributed by atoms with Gasteiger partial charge >= 0.3 is 0 Å². The van der Waals surface area contributed by atoms with Crippen molar-refractivity contribution in [3.8, 4) is 0 Å². The molecule has 0 amide bonds. The van der Waals surface area contributed by atoms with Gasteiger partial charge in [0.2, 0.25) is 0 Å². The van der Waals surface area contributed by atoms with Crippen molar-refractivity contribution in [1.82, 2.24) is 9.88 Å². The number of hydrogen-bond donors (Lipinski definition) is 1. The first-order chi connectivity index (χ1) is 8.76. The lowest BCUT2D eigenvalue weighted by atomic mass is 9.95. The Morgan fingerprint density at radius 2 is 2.28 bits per heavy atom. The van der Waals surface area contributed by atoms with Crippen LogP contribution in [-0.2, 0) is 0 Å². The monoisotopic (exact) mass is 247 g/mol. The van der Waals surface area contributed by atoms with E-state index < -0.39 is 0 Å². The molecule has 1 aromatic heterocycles. The summed E-state index contributed by atoms with van der Waals surface area (Å²) in [7, 11) is 0. The van der Waals surface area contributed by atoms with Crippen molar-refractivity contribution < 1.29 is 0 Å². The minimum absolute atomic E-state index is 0.336. The zero-order valence-electron chi connectivity index (χ0n) is 11.6. The third-order valence-electron chi connectivity index (χ3n) is 4.09. The number of likely N-dealkylation sites (tertiary alicyclic amines) is 1. The first kappa shape index (κ1) is 13.5. The maximum atomic E-state index is 6.02. The number of aryl methyl sites for hydroxylation is 1. The second-order valence-corrected chi connectivity index (χ2v) is 5.28. The van der Waals surface area contributed by atoms with Gasteiger partial charge in [0.1, 0.15) is 0 Å². The molecular weight excluding hydrogens is 222 g/mol. The Balaban J connectivity index is 2.18. The molecular formula is C15H25N3. The van der Waals surface area contributed by atoms with Gasteiger partial charge in [-0.3, -0.25) is 9.88 Å². The number of nitrogens with two attached hydrogens (primary N) is 1. The molecule has 0 radical (unpaired) electrons. The molecule has 100 valence electrons. The number of aromatic nitrogens is 1. The molecule has 3 nitrogen and oxygen atoms in total. The number of rotatable bonds is 4. The lowest BCUT2D eigenvalue weighted by molar-refractivity contribution is 0.0947. The molecule has 2 atom stereocenters. The average Bonchev–Trinajstić information content (AvgIpc) is 2.42. The molecule has 0 bridgehead atoms. The van der Waals surface area contributed by atoms with Crippen molar-refractivity contribution >= 4 is 0 Å². The van der Waals surface area contributed by atoms with E-state index in [1.54, 1.807) is 0 Å². The van der Waals surface area contributed by atoms with E-state index in [4.69, 9.17) is 5.73 Å². The maximum absolute atomic E-state index is 6.02. The zero-order valence-corrected chi connectivity index (χ0v) is 11.6. The SMILES string of the molecule is CCC1CCCCN1C(CN)c1ccc(C)nc1. The van der Waals surface area contributed by atoms with E-state index in [1.165, 1.54) is 37.8 Å². The van der Waals surface area contributed by atoms with Gasteiger partial charge in [0.25, 0.3) is 0 Å². The third-order valence-corrected chi connectivity index (χ3v) is 4.09. The molecule has 3 heteroatoms. The van der Waals surface area contributed by atoms with Gasteiger partial charge < -0.3 is 5.73 Å². The summed E-state index contributed by atoms with van der Waals surface area (Å²) in [6.45, 7) is 6.16. The first-order valence-electron chi connectivity index (χ1n) is 7.14. The summed E-state index contributed by atoms with van der Waals surface area (Å²) in [5.74, 6) is 0. The Morgan fingerprint density at radius 3 is 2.89 bits per heavy atom. The van der Waals surface area contributed by atoms with Crippen LogP contribution in [0.3, 0.4) is 0 Å². The summed E-state index contributed by atoms with van der Waals surface area (Å²) >= 11 is 0. The highest BCUT2D eigenvalue weighted by Gasteiger charge is 2.27. The van der Waals surface area contributed by atoms with Crippen LogP contribution in [0.2, 0.25) is 0 Å². The molecule has 2 heterocycles. The van der Waals surface area contributed by atoms with E-state index in [-0.39, 0.29) is 0 Å². The Morgan fingerprint density at radius 1 is 1.44 bits per heavy atom. The Kier molecular flexibility index (Phi) is 4.72. The molecule has 2 N–H and O–H groups in total. The van der Waals surface area contributed by atoms with E-state index in [0.29, 0.717) is 18.6 Å². The highest BCUT2D eigenvalue weighted by atomic mass is 15.2. The summed E-state index contributed by atoms with van der Waals surface area (Å²) in [5, 5.41) is 0. The molecule has 1 saturated heterocycles. The van der Waals surface area contributed by atoms with Crippen LogP contribution >= 0.6 is 0 Å². The average molecular weight is 247 g/mol. The second kappa shape index (κ2) is 6.30. The molecule has 2 rings (SSSR count). The number of nitrogens with zero attached hydrogens (tertiary/aromatic N) is 2. The smallest absolute Gasteiger partial charge is 0.0488 e. The van der Waals surface area contributed by atoms with Crippen molar-refractivity contribution in [2.75, 3.05) is 13.1 Å². The van der Waals surface area contributed by atoms with Crippen molar-refractivity contribution in [3.05, 3.63) is 29.6 Å². The molecule has 0 aromatic carbocycles. The van der Waals surface area contributed by atoms with Crippen LogP contribution in [-0.4, -0.2) is 29.0 Å². The highest BCUT2D eigenvalue weighted by Crippen LogP contribution is 2.29. The van der Waals surface area contributed by atoms with Gasteiger partial charge in [0.05, 0.1) is 0 Å². The zero-order chi connectivity index (χ0) is 13.0. The topological polar surface area (TPSA) is 42.1 Å². The van der Waals surface area contributed by atoms with E-state index in [2.05, 4.69) is 28.9 Å². The van der Waals surface area contributed by atoms with Gasteiger partial charge in [-0.05, 0) is 44.4 Å². The second-order valence-electron chi connectivity index (χ2n) is 5.28. The largest absolute Gasteiger partial charge is 0.329 e. The Bertz CT molecular complexity index is 361. The van der Waals surface area contributed by atoms with Gasteiger partial charge in [-0.1, -0.05) is 19.4 Å². The third kappa shape index (κ3) is 2.90. The van der Waals surface area contributed by atoms with Crippen LogP contribution in [0.4, 0.5) is 0 Å². The van der Waals surface area contributed by atoms with E-state index in [9.17, 15) is 0 Å². The summed E-state index contributed by atoms with van der Waals surface area (Å²) in [4.78, 5) is 7.00. The van der Waals surface area contributed by atoms with Crippen LogP contribution in [0.5, 0.6) is 0 Å². The van der Waals surface area contributed by atoms with E-state index in [0.717, 1.165) is 5.69 Å². The van der Waals surface area contributed by atoms with Gasteiger partial charge in [-0.25, -0.2) is 0 Å². The van der Waals surface area contributed by atoms with Crippen LogP contribution < -0.4 is 5.73 Å². The number of pyridine rings is 1. The Hall–Kier alpha value is -0.930. The fraction of sp³-hybridized carbons (Fsp3) is 0.667. The summed E-state index contributed by atoms with van der Waals surface area (Å²) in [5.41, 5.74) is 8.36. The molecule has 1 fully saturated rings. The standard InChI is InChI=1S/C15H25N3/c1-3-14-6-4-5-9-18(14)15(10-16)13-8-7-12(2)17-11-13/h7-8,11,14-15H,3-6,9-10,16H2,1-2H3. The minimum atomic E-state index is 0.336. The van der Waals surface area contributed by atoms with Gasteiger partial charge in [0, 0.05) is 30.5 Å². The molecule has 1 aliphatic rings. The van der Waals surface area contributed by atoms with Crippen LogP contribution in [0, 0.1) is 6.92 Å². The van der Waals surface area contributed by atoms with Gasteiger partial charge in [-0.15, -0.1) is 0 Å². The number of piperidine rings is 1. The molecule has 0 spiro atoms. The lowest BCUT2D eigenvalue weighted by Gasteiger charge is -2.40. The normalized spacial score (nSPS) is 22.9. The fourth-order valence-corrected chi connectivity index (χ4v) is 3.01. The summed E-state index contributed by atoms with van der Waals surface area (Å²) < 4.78 is 0. The van der Waals surface area contributed by atoms with Crippen LogP contribution in [0.1, 0.15) is 49.9 Å². The molecule has 1 aliphatic heterocycles. The van der Waals surface area contributed by atoms with Gasteiger partial charge in [0.15, 0.2) is 0 Å². The van der Waals surface area contributed by atoms with Gasteiger partial charge in [-0.2, -0.15) is 0 Å². The highest BCUT2D eigenvalue weighted by molar-refractivity contribution is 5.18. The van der Waals surface area contributed by atoms with Crippen molar-refractivity contribution in [2.24, 2.45) is 5.73 Å². The van der Waals surface area contributed by atoms with Crippen molar-refractivity contribution in [3.63, 3.8) is 0 Å². The number of hydrogen-bond acceptors (Lipinski definition) is 3. The fourth-order valence-electron chi connectivity index (χ4n) is 3.01. The lowest BCUT2D eigenvalue weighted by Crippen LogP contribution is -2.44. The maximum Gasteiger partial charge on any atom is 0.0488 e. The van der Waals surface area contributed by atoms with E-state index >= 15 is 0 Å². The van der Waals surface area contributed by atoms with Crippen LogP contribution in [0.25, 0.3) is 0 Å². The molecule has 2 unspecified atom stereocenters. The Labute approximate surface area is 110 Å². The van der Waals surface area contributed by atoms with Crippen LogP contribution in [0.15, 0.2) is 18.3 Å². The quantitative estimate of drug-likeness (QED) is 0.889. The predicted octanol–water partition coefficient (Wildman–Crippen LogP) is 2.65. The summed E-state index contributed by atoms with van der Waals surface area (Å²) in [6, 6.07) is 5.29. The van der Waals surface area contributed by atoms with E-state index in [1.807, 2.05) is 13.1 Å². The molecule has 0 aliphatic carbocycles. The molecule has 0 saturated carbocycles. The summed E-state index contributed by atoms with van der Waals surface area (Å²) in [6.07, 6.45) is 7.18. The van der Waals surface area contributed by atoms with Crippen molar-refractivity contribution in [2.45, 2.75) is 51.6 Å². The predicted molar refractivity (Wildman–Crippen MR) is 75.4 cm³/mol.